The average molecular weight is 164 g/mol. The number of aromatic nitrogens is 1. The van der Waals surface area contributed by atoms with Crippen LogP contribution in [0.2, 0.25) is 0 Å². The normalized spacial score (nSPS) is 8.10. The number of hydrogen-bond donors (Lipinski definition) is 2. The Labute approximate surface area is 64.0 Å². The van der Waals surface area contributed by atoms with Gasteiger partial charge in [0.2, 0.25) is 0 Å². The van der Waals surface area contributed by atoms with Crippen molar-refractivity contribution in [3.8, 4) is 0 Å². The molecule has 1 heterocycles. The van der Waals surface area contributed by atoms with Crippen LogP contribution in [0.5, 0.6) is 0 Å². The first-order valence-electron chi connectivity index (χ1n) is 2.45. The second kappa shape index (κ2) is 4.96. The second-order valence-electron chi connectivity index (χ2n) is 1.46. The van der Waals surface area contributed by atoms with E-state index in [1.807, 2.05) is 0 Å². The van der Waals surface area contributed by atoms with Crippen molar-refractivity contribution in [1.29, 1.82) is 0 Å². The number of rotatable bonds is 2. The molecular weight excluding hydrogens is 157 g/mol. The molecule has 1 rings (SSSR count). The molecule has 1 aromatic heterocycles. The Hall–Kier alpha value is -0.870. The molecule has 3 nitrogen and oxygen atoms in total. The summed E-state index contributed by atoms with van der Waals surface area (Å²) < 4.78 is 11.3. The monoisotopic (exact) mass is 163 g/mol. The molecule has 0 aliphatic rings. The van der Waals surface area contributed by atoms with E-state index in [-0.39, 0.29) is 12.4 Å². The van der Waals surface area contributed by atoms with Crippen molar-refractivity contribution in [2.75, 3.05) is 5.43 Å². The third-order valence-corrected chi connectivity index (χ3v) is 0.853. The predicted molar refractivity (Wildman–Crippen MR) is 39.4 cm³/mol. The number of halogens is 2. The number of nitrogens with zero attached hydrogens (tertiary/aromatic N) is 1. The zero-order valence-electron chi connectivity index (χ0n) is 5.04. The number of pyridine rings is 1. The number of nitrogens with one attached hydrogen (secondary N) is 2. The van der Waals surface area contributed by atoms with Gasteiger partial charge in [0.05, 0.1) is 11.9 Å². The van der Waals surface area contributed by atoms with Crippen LogP contribution in [0.25, 0.3) is 0 Å². The summed E-state index contributed by atoms with van der Waals surface area (Å²) in [7, 11) is 0. The van der Waals surface area contributed by atoms with Crippen molar-refractivity contribution in [2.24, 2.45) is 0 Å². The van der Waals surface area contributed by atoms with Crippen LogP contribution in [0, 0.1) is 0 Å². The zero-order chi connectivity index (χ0) is 6.53. The van der Waals surface area contributed by atoms with Crippen LogP contribution < -0.4 is 11.1 Å². The minimum atomic E-state index is 0. The van der Waals surface area contributed by atoms with Gasteiger partial charge >= 0.3 is 0 Å². The molecule has 0 aromatic carbocycles. The van der Waals surface area contributed by atoms with Crippen LogP contribution in [0.3, 0.4) is 0 Å². The van der Waals surface area contributed by atoms with Crippen LogP contribution in [-0.2, 0) is 0 Å². The van der Waals surface area contributed by atoms with Crippen LogP contribution >= 0.6 is 12.4 Å². The third-order valence-electron chi connectivity index (χ3n) is 0.853. The van der Waals surface area contributed by atoms with E-state index < -0.39 is 0 Å². The lowest BCUT2D eigenvalue weighted by Gasteiger charge is -1.96. The largest absolute Gasteiger partial charge is 0.293 e. The highest BCUT2D eigenvalue weighted by Crippen LogP contribution is 1.98. The molecule has 0 aliphatic carbocycles. The smallest absolute Gasteiger partial charge is 0.0695 e. The fraction of sp³-hybridized carbons (Fsp3) is 0. The lowest BCUT2D eigenvalue weighted by molar-refractivity contribution is 0.376. The summed E-state index contributed by atoms with van der Waals surface area (Å²) in [6, 6.07) is 3.40. The summed E-state index contributed by atoms with van der Waals surface area (Å²) in [5, 5.41) is 0. The van der Waals surface area contributed by atoms with Crippen LogP contribution in [0.15, 0.2) is 24.5 Å². The van der Waals surface area contributed by atoms with Gasteiger partial charge in [-0.25, -0.2) is 0 Å². The highest BCUT2D eigenvalue weighted by molar-refractivity contribution is 5.85. The number of anilines is 1. The van der Waals surface area contributed by atoms with Crippen molar-refractivity contribution in [3.63, 3.8) is 0 Å². The molecule has 0 aliphatic heterocycles. The molecule has 0 radical (unpaired) electrons. The summed E-state index contributed by atoms with van der Waals surface area (Å²) in [5.74, 6) is 0. The van der Waals surface area contributed by atoms with Crippen LogP contribution in [-0.4, -0.2) is 4.98 Å². The van der Waals surface area contributed by atoms with E-state index in [4.69, 9.17) is 0 Å². The van der Waals surface area contributed by atoms with Crippen molar-refractivity contribution in [1.82, 2.24) is 10.6 Å². The van der Waals surface area contributed by atoms with E-state index in [0.717, 1.165) is 0 Å². The summed E-state index contributed by atoms with van der Waals surface area (Å²) >= 11 is 0. The minimum absolute atomic E-state index is 0. The topological polar surface area (TPSA) is 37.0 Å². The number of hydrazine groups is 1. The standard InChI is InChI=1S/C5H6FN3.ClH/c6-9-8-5-2-1-3-7-4-5;/h1-4,8-9H;1H. The molecular formula is C5H7ClFN3. The Bertz CT molecular complexity index is 170. The first kappa shape index (κ1) is 9.13. The lowest BCUT2D eigenvalue weighted by Crippen LogP contribution is -2.09. The van der Waals surface area contributed by atoms with E-state index in [0.29, 0.717) is 5.69 Å². The molecule has 5 heteroatoms. The highest BCUT2D eigenvalue weighted by atomic mass is 35.5. The zero-order valence-corrected chi connectivity index (χ0v) is 5.86. The van der Waals surface area contributed by atoms with E-state index in [1.165, 1.54) is 11.8 Å². The van der Waals surface area contributed by atoms with Crippen molar-refractivity contribution in [2.45, 2.75) is 0 Å². The average Bonchev–Trinajstić information content (AvgIpc) is 1.91. The van der Waals surface area contributed by atoms with E-state index in [2.05, 4.69) is 10.4 Å². The van der Waals surface area contributed by atoms with Gasteiger partial charge in [-0.3, -0.25) is 10.4 Å². The molecule has 2 N–H and O–H groups in total. The van der Waals surface area contributed by atoms with Crippen molar-refractivity contribution in [3.05, 3.63) is 24.5 Å². The van der Waals surface area contributed by atoms with Crippen LogP contribution in [0.4, 0.5) is 10.2 Å². The fourth-order valence-corrected chi connectivity index (χ4v) is 0.491. The molecule has 0 bridgehead atoms. The van der Waals surface area contributed by atoms with Gasteiger partial charge in [0.25, 0.3) is 0 Å². The molecule has 0 fully saturated rings. The highest BCUT2D eigenvalue weighted by Gasteiger charge is 1.83. The van der Waals surface area contributed by atoms with Gasteiger partial charge in [-0.1, -0.05) is 5.65 Å². The maximum absolute atomic E-state index is 11.3. The van der Waals surface area contributed by atoms with Gasteiger partial charge in [0.1, 0.15) is 0 Å². The van der Waals surface area contributed by atoms with Gasteiger partial charge in [-0.05, 0) is 12.1 Å². The Morgan fingerprint density at radius 3 is 2.80 bits per heavy atom. The van der Waals surface area contributed by atoms with Crippen molar-refractivity contribution >= 4 is 18.1 Å². The quantitative estimate of drug-likeness (QED) is 0.510. The molecule has 0 atom stereocenters. The Balaban J connectivity index is 0.000000810. The lowest BCUT2D eigenvalue weighted by atomic mass is 10.4. The minimum Gasteiger partial charge on any atom is -0.293 e. The first-order valence-corrected chi connectivity index (χ1v) is 2.45. The molecule has 56 valence electrons. The molecule has 0 saturated heterocycles. The fourth-order valence-electron chi connectivity index (χ4n) is 0.491. The van der Waals surface area contributed by atoms with Gasteiger partial charge in [0, 0.05) is 6.20 Å². The summed E-state index contributed by atoms with van der Waals surface area (Å²) in [5.41, 5.74) is 4.12. The molecule has 0 spiro atoms. The van der Waals surface area contributed by atoms with Gasteiger partial charge < -0.3 is 0 Å². The van der Waals surface area contributed by atoms with E-state index in [9.17, 15) is 4.48 Å². The molecule has 0 saturated carbocycles. The summed E-state index contributed by atoms with van der Waals surface area (Å²) in [6.45, 7) is 0. The predicted octanol–water partition coefficient (Wildman–Crippen LogP) is 1.30. The van der Waals surface area contributed by atoms with E-state index in [1.54, 1.807) is 18.3 Å². The molecule has 0 amide bonds. The Morgan fingerprint density at radius 2 is 2.30 bits per heavy atom. The third kappa shape index (κ3) is 2.61. The number of hydrogen-bond acceptors (Lipinski definition) is 3. The van der Waals surface area contributed by atoms with Crippen molar-refractivity contribution < 1.29 is 4.48 Å². The van der Waals surface area contributed by atoms with Crippen LogP contribution in [0.1, 0.15) is 0 Å². The second-order valence-corrected chi connectivity index (χ2v) is 1.46. The molecule has 10 heavy (non-hydrogen) atoms. The maximum atomic E-state index is 11.3. The van der Waals surface area contributed by atoms with Gasteiger partial charge in [-0.2, -0.15) is 0 Å². The van der Waals surface area contributed by atoms with E-state index >= 15 is 0 Å². The molecule has 1 aromatic rings. The summed E-state index contributed by atoms with van der Waals surface area (Å²) in [6.07, 6.45) is 3.12. The Kier molecular flexibility index (Phi) is 4.53. The van der Waals surface area contributed by atoms with Gasteiger partial charge in [0.15, 0.2) is 0 Å². The molecule has 0 unspecified atom stereocenters. The van der Waals surface area contributed by atoms with Gasteiger partial charge in [-0.15, -0.1) is 16.9 Å². The first-order chi connectivity index (χ1) is 4.43. The Morgan fingerprint density at radius 1 is 1.50 bits per heavy atom. The summed E-state index contributed by atoms with van der Waals surface area (Å²) in [4.78, 5) is 3.73. The SMILES string of the molecule is Cl.FNNc1cccnc1. The maximum Gasteiger partial charge on any atom is 0.0695 e.